The first kappa shape index (κ1) is 20.4. The second-order valence-corrected chi connectivity index (χ2v) is 8.45. The zero-order valence-corrected chi connectivity index (χ0v) is 16.0. The fraction of sp³-hybridized carbons (Fsp3) is 0.412. The van der Waals surface area contributed by atoms with Gasteiger partial charge in [-0.3, -0.25) is 9.69 Å². The Morgan fingerprint density at radius 2 is 1.89 bits per heavy atom. The summed E-state index contributed by atoms with van der Waals surface area (Å²) in [6.45, 7) is 2.95. The van der Waals surface area contributed by atoms with Crippen LogP contribution in [-0.2, 0) is 10.0 Å². The SMILES string of the molecule is CS(=O)(=O)N1CCN(CCNC(=O)c2cc(-c3ccc(F)c(F)c3)on2)CC1. The van der Waals surface area contributed by atoms with Gasteiger partial charge in [-0.25, -0.2) is 17.2 Å². The quantitative estimate of drug-likeness (QED) is 0.756. The highest BCUT2D eigenvalue weighted by Crippen LogP contribution is 2.22. The Labute approximate surface area is 161 Å². The monoisotopic (exact) mass is 414 g/mol. The van der Waals surface area contributed by atoms with E-state index >= 15 is 0 Å². The number of halogens is 2. The molecular formula is C17H20F2N4O4S. The lowest BCUT2D eigenvalue weighted by Crippen LogP contribution is -2.49. The van der Waals surface area contributed by atoms with Crippen molar-refractivity contribution in [3.05, 3.63) is 41.6 Å². The molecule has 11 heteroatoms. The maximum Gasteiger partial charge on any atom is 0.273 e. The summed E-state index contributed by atoms with van der Waals surface area (Å²) < 4.78 is 55.7. The zero-order valence-electron chi connectivity index (χ0n) is 15.2. The smallest absolute Gasteiger partial charge is 0.273 e. The molecule has 3 rings (SSSR count). The summed E-state index contributed by atoms with van der Waals surface area (Å²) in [6, 6.07) is 4.62. The number of aromatic nitrogens is 1. The average molecular weight is 414 g/mol. The number of hydrogen-bond donors (Lipinski definition) is 1. The summed E-state index contributed by atoms with van der Waals surface area (Å²) in [5.74, 6) is -2.29. The first-order chi connectivity index (χ1) is 13.2. The van der Waals surface area contributed by atoms with Gasteiger partial charge in [0.15, 0.2) is 23.1 Å². The van der Waals surface area contributed by atoms with Gasteiger partial charge in [0.25, 0.3) is 5.91 Å². The fourth-order valence-electron chi connectivity index (χ4n) is 2.87. The van der Waals surface area contributed by atoms with Crippen molar-refractivity contribution >= 4 is 15.9 Å². The number of sulfonamides is 1. The molecule has 1 aliphatic rings. The van der Waals surface area contributed by atoms with Crippen molar-refractivity contribution in [2.75, 3.05) is 45.5 Å². The van der Waals surface area contributed by atoms with Crippen LogP contribution in [0.4, 0.5) is 8.78 Å². The van der Waals surface area contributed by atoms with E-state index in [1.54, 1.807) is 0 Å². The van der Waals surface area contributed by atoms with Gasteiger partial charge in [-0.05, 0) is 18.2 Å². The topological polar surface area (TPSA) is 95.8 Å². The number of nitrogens with zero attached hydrogens (tertiary/aromatic N) is 3. The average Bonchev–Trinajstić information content (AvgIpc) is 3.14. The van der Waals surface area contributed by atoms with Crippen LogP contribution in [-0.4, -0.2) is 74.2 Å². The fourth-order valence-corrected chi connectivity index (χ4v) is 3.70. The molecular weight excluding hydrogens is 394 g/mol. The lowest BCUT2D eigenvalue weighted by Gasteiger charge is -2.33. The Balaban J connectivity index is 1.48. The second-order valence-electron chi connectivity index (χ2n) is 6.46. The number of hydrogen-bond acceptors (Lipinski definition) is 6. The van der Waals surface area contributed by atoms with E-state index in [2.05, 4.69) is 15.4 Å². The predicted octanol–water partition coefficient (Wildman–Crippen LogP) is 0.927. The Hall–Kier alpha value is -2.37. The lowest BCUT2D eigenvalue weighted by molar-refractivity contribution is 0.0936. The molecule has 1 amide bonds. The molecule has 0 saturated carbocycles. The molecule has 8 nitrogen and oxygen atoms in total. The van der Waals surface area contributed by atoms with Gasteiger partial charge >= 0.3 is 0 Å². The minimum atomic E-state index is -3.17. The van der Waals surface area contributed by atoms with Crippen LogP contribution in [0.25, 0.3) is 11.3 Å². The Morgan fingerprint density at radius 1 is 1.18 bits per heavy atom. The molecule has 2 heterocycles. The number of benzene rings is 1. The van der Waals surface area contributed by atoms with Crippen LogP contribution >= 0.6 is 0 Å². The van der Waals surface area contributed by atoms with Gasteiger partial charge in [-0.15, -0.1) is 0 Å². The van der Waals surface area contributed by atoms with Crippen molar-refractivity contribution < 1.29 is 26.5 Å². The third kappa shape index (κ3) is 4.91. The van der Waals surface area contributed by atoms with Crippen LogP contribution in [0.5, 0.6) is 0 Å². The van der Waals surface area contributed by atoms with Crippen molar-refractivity contribution in [2.24, 2.45) is 0 Å². The first-order valence-corrected chi connectivity index (χ1v) is 10.5. The summed E-state index contributed by atoms with van der Waals surface area (Å²) in [5, 5.41) is 6.36. The largest absolute Gasteiger partial charge is 0.355 e. The molecule has 152 valence electrons. The van der Waals surface area contributed by atoms with E-state index in [1.165, 1.54) is 22.7 Å². The number of carbonyl (C=O) groups is 1. The molecule has 1 N–H and O–H groups in total. The van der Waals surface area contributed by atoms with E-state index in [4.69, 9.17) is 4.52 Å². The van der Waals surface area contributed by atoms with E-state index in [1.807, 2.05) is 0 Å². The van der Waals surface area contributed by atoms with Crippen LogP contribution in [0, 0.1) is 11.6 Å². The number of nitrogens with one attached hydrogen (secondary N) is 1. The summed E-state index contributed by atoms with van der Waals surface area (Å²) in [6.07, 6.45) is 1.19. The van der Waals surface area contributed by atoms with E-state index in [0.717, 1.165) is 12.1 Å². The summed E-state index contributed by atoms with van der Waals surface area (Å²) in [7, 11) is -3.17. The van der Waals surface area contributed by atoms with Gasteiger partial charge in [0, 0.05) is 50.9 Å². The molecule has 1 aromatic heterocycles. The summed E-state index contributed by atoms with van der Waals surface area (Å²) in [5.41, 5.74) is 0.302. The number of amides is 1. The van der Waals surface area contributed by atoms with Gasteiger partial charge < -0.3 is 9.84 Å². The van der Waals surface area contributed by atoms with Gasteiger partial charge in [0.05, 0.1) is 6.26 Å². The van der Waals surface area contributed by atoms with E-state index in [0.29, 0.717) is 39.3 Å². The van der Waals surface area contributed by atoms with Gasteiger partial charge in [0.2, 0.25) is 10.0 Å². The molecule has 0 spiro atoms. The summed E-state index contributed by atoms with van der Waals surface area (Å²) in [4.78, 5) is 14.2. The molecule has 0 bridgehead atoms. The van der Waals surface area contributed by atoms with E-state index in [-0.39, 0.29) is 17.0 Å². The molecule has 2 aromatic rings. The molecule has 0 atom stereocenters. The van der Waals surface area contributed by atoms with Crippen LogP contribution in [0.1, 0.15) is 10.5 Å². The third-order valence-electron chi connectivity index (χ3n) is 4.46. The molecule has 0 unspecified atom stereocenters. The molecule has 0 radical (unpaired) electrons. The number of piperazine rings is 1. The Morgan fingerprint density at radius 3 is 2.54 bits per heavy atom. The molecule has 1 fully saturated rings. The minimum Gasteiger partial charge on any atom is -0.355 e. The molecule has 1 aromatic carbocycles. The molecule has 0 aliphatic carbocycles. The van der Waals surface area contributed by atoms with E-state index in [9.17, 15) is 22.0 Å². The second kappa shape index (κ2) is 8.33. The number of rotatable bonds is 6. The highest BCUT2D eigenvalue weighted by atomic mass is 32.2. The van der Waals surface area contributed by atoms with Crippen LogP contribution in [0.15, 0.2) is 28.8 Å². The van der Waals surface area contributed by atoms with Crippen molar-refractivity contribution in [3.63, 3.8) is 0 Å². The highest BCUT2D eigenvalue weighted by Gasteiger charge is 2.23. The van der Waals surface area contributed by atoms with Crippen molar-refractivity contribution in [2.45, 2.75) is 0 Å². The normalized spacial score (nSPS) is 16.2. The highest BCUT2D eigenvalue weighted by molar-refractivity contribution is 7.88. The number of carbonyl (C=O) groups excluding carboxylic acids is 1. The molecule has 1 saturated heterocycles. The molecule has 1 aliphatic heterocycles. The van der Waals surface area contributed by atoms with Crippen LogP contribution in [0.2, 0.25) is 0 Å². The zero-order chi connectivity index (χ0) is 20.3. The van der Waals surface area contributed by atoms with Crippen molar-refractivity contribution in [3.8, 4) is 11.3 Å². The maximum absolute atomic E-state index is 13.3. The minimum absolute atomic E-state index is 0.0293. The maximum atomic E-state index is 13.3. The van der Waals surface area contributed by atoms with Gasteiger partial charge in [-0.2, -0.15) is 4.31 Å². The Kier molecular flexibility index (Phi) is 6.06. The van der Waals surface area contributed by atoms with Crippen molar-refractivity contribution in [1.29, 1.82) is 0 Å². The first-order valence-electron chi connectivity index (χ1n) is 8.62. The predicted molar refractivity (Wildman–Crippen MR) is 97.0 cm³/mol. The standard InChI is InChI=1S/C17H20F2N4O4S/c1-28(25,26)23-8-6-22(7-9-23)5-4-20-17(24)15-11-16(27-21-15)12-2-3-13(18)14(19)10-12/h2-3,10-11H,4-9H2,1H3,(H,20,24). The van der Waals surface area contributed by atoms with E-state index < -0.39 is 27.6 Å². The molecule has 28 heavy (non-hydrogen) atoms. The Bertz CT molecular complexity index is 956. The third-order valence-corrected chi connectivity index (χ3v) is 5.76. The van der Waals surface area contributed by atoms with Crippen LogP contribution < -0.4 is 5.32 Å². The lowest BCUT2D eigenvalue weighted by atomic mass is 10.1. The van der Waals surface area contributed by atoms with Crippen molar-refractivity contribution in [1.82, 2.24) is 19.7 Å². The van der Waals surface area contributed by atoms with Gasteiger partial charge in [0.1, 0.15) is 0 Å². The summed E-state index contributed by atoms with van der Waals surface area (Å²) >= 11 is 0. The van der Waals surface area contributed by atoms with Gasteiger partial charge in [-0.1, -0.05) is 5.16 Å². The van der Waals surface area contributed by atoms with Crippen LogP contribution in [0.3, 0.4) is 0 Å².